The van der Waals surface area contributed by atoms with E-state index in [4.69, 9.17) is 23.2 Å². The molecule has 24 nitrogen and oxygen atoms in total. The number of aromatic nitrogens is 12. The molecule has 0 aliphatic heterocycles. The second kappa shape index (κ2) is 27.9. The zero-order chi connectivity index (χ0) is 82.1. The molecule has 44 heteroatoms. The van der Waals surface area contributed by atoms with E-state index in [-0.39, 0.29) is 90.0 Å². The van der Waals surface area contributed by atoms with Crippen LogP contribution in [-0.4, -0.2) is 99.4 Å². The minimum absolute atomic E-state index is 0.0457. The van der Waals surface area contributed by atoms with Gasteiger partial charge in [-0.05, 0) is 96.5 Å². The summed E-state index contributed by atoms with van der Waals surface area (Å²) in [6.07, 6.45) is -6.16. The highest BCUT2D eigenvalue weighted by Gasteiger charge is 2.68. The van der Waals surface area contributed by atoms with Crippen LogP contribution in [0.25, 0.3) is 55.0 Å². The maximum atomic E-state index is 15.4. The Morgan fingerprint density at radius 3 is 1.19 bits per heavy atom. The first-order valence-electron chi connectivity index (χ1n) is 33.6. The van der Waals surface area contributed by atoms with E-state index in [0.717, 1.165) is 55.3 Å². The summed E-state index contributed by atoms with van der Waals surface area (Å²) >= 11 is 13.0. The van der Waals surface area contributed by atoms with Crippen LogP contribution in [0.1, 0.15) is 106 Å². The molecule has 6 heterocycles. The van der Waals surface area contributed by atoms with E-state index in [2.05, 4.69) is 50.4 Å². The Balaban J connectivity index is 0.000000180. The lowest BCUT2D eigenvalue weighted by atomic mass is 10.0. The first-order valence-corrected chi connectivity index (χ1v) is 38.1. The topological polar surface area (TPSA) is 292 Å². The van der Waals surface area contributed by atoms with Gasteiger partial charge in [-0.25, -0.2) is 79.5 Å². The van der Waals surface area contributed by atoms with Crippen LogP contribution in [0.5, 0.6) is 0 Å². The van der Waals surface area contributed by atoms with Gasteiger partial charge in [-0.3, -0.25) is 56.5 Å². The molecule has 4 aliphatic rings. The first-order chi connectivity index (χ1) is 53.5. The number of benzene rings is 6. The average molecular weight is 1680 g/mol. The molecule has 6 aromatic heterocycles. The summed E-state index contributed by atoms with van der Waals surface area (Å²) in [5, 5.41) is 19.1. The Hall–Kier alpha value is -11.1. The third-order valence-corrected chi connectivity index (χ3v) is 21.4. The first kappa shape index (κ1) is 78.1. The van der Waals surface area contributed by atoms with E-state index in [9.17, 15) is 79.9 Å². The summed E-state index contributed by atoms with van der Waals surface area (Å²) in [4.78, 5) is 65.3. The van der Waals surface area contributed by atoms with Crippen molar-refractivity contribution in [2.75, 3.05) is 22.0 Å². The zero-order valence-corrected chi connectivity index (χ0v) is 61.3. The van der Waals surface area contributed by atoms with E-state index >= 15 is 26.3 Å². The van der Waals surface area contributed by atoms with Crippen LogP contribution in [0.3, 0.4) is 0 Å². The van der Waals surface area contributed by atoms with E-state index < -0.39 is 232 Å². The van der Waals surface area contributed by atoms with Crippen molar-refractivity contribution in [2.24, 2.45) is 25.9 Å². The Kier molecular flexibility index (Phi) is 19.1. The van der Waals surface area contributed by atoms with Gasteiger partial charge in [0.25, 0.3) is 35.8 Å². The quantitative estimate of drug-likeness (QED) is 0.0516. The lowest BCUT2D eigenvalue weighted by Crippen LogP contribution is -2.38. The van der Waals surface area contributed by atoms with Gasteiger partial charge >= 0.3 is 0 Å². The number of nitrogens with zero attached hydrogens (tertiary/aromatic N) is 12. The molecule has 0 spiro atoms. The van der Waals surface area contributed by atoms with Gasteiger partial charge in [0.05, 0.1) is 78.6 Å². The average Bonchev–Trinajstić information content (AvgIpc) is 1.52. The fourth-order valence-corrected chi connectivity index (χ4v) is 16.7. The summed E-state index contributed by atoms with van der Waals surface area (Å²) in [5.41, 5.74) is -8.79. The van der Waals surface area contributed by atoms with Crippen LogP contribution in [0.2, 0.25) is 10.0 Å². The molecule has 2 amide bonds. The zero-order valence-electron chi connectivity index (χ0n) is 58.2. The third kappa shape index (κ3) is 13.9. The fourth-order valence-electron chi connectivity index (χ4n) is 15.2. The maximum absolute atomic E-state index is 15.4. The molecular weight excluding hydrogens is 1630 g/mol. The van der Waals surface area contributed by atoms with Gasteiger partial charge in [0.1, 0.15) is 93.5 Å². The minimum Gasteiger partial charge on any atom is -0.344 e. The molecule has 0 radical (unpaired) electrons. The van der Waals surface area contributed by atoms with Crippen molar-refractivity contribution in [3.8, 4) is 11.4 Å². The highest BCUT2D eigenvalue weighted by atomic mass is 35.5. The number of nitrogens with one attached hydrogen (secondary N) is 4. The predicted octanol–water partition coefficient (Wildman–Crippen LogP) is 12.6. The number of hydrogen-bond donors (Lipinski definition) is 4. The molecule has 6 aromatic carbocycles. The smallest absolute Gasteiger partial charge is 0.293 e. The van der Waals surface area contributed by atoms with Crippen molar-refractivity contribution in [3.05, 3.63) is 219 Å². The minimum atomic E-state index is -3.97. The van der Waals surface area contributed by atoms with Crippen LogP contribution >= 0.6 is 23.2 Å². The van der Waals surface area contributed by atoms with Gasteiger partial charge < -0.3 is 10.6 Å². The van der Waals surface area contributed by atoms with Crippen molar-refractivity contribution in [1.29, 1.82) is 0 Å². The molecular formula is C70H50Cl2F16N16O8S2. The number of aryl methyl sites for hydroxylation is 2. The molecule has 0 saturated heterocycles. The van der Waals surface area contributed by atoms with Gasteiger partial charge in [0.15, 0.2) is 23.3 Å². The fraction of sp³-hybridized carbons (Fsp3) is 0.286. The van der Waals surface area contributed by atoms with Crippen molar-refractivity contribution < 1.29 is 96.7 Å². The highest BCUT2D eigenvalue weighted by molar-refractivity contribution is 7.92. The lowest BCUT2D eigenvalue weighted by molar-refractivity contribution is -0.123. The van der Waals surface area contributed by atoms with Gasteiger partial charge in [-0.2, -0.15) is 38.0 Å². The summed E-state index contributed by atoms with van der Waals surface area (Å²) in [6.45, 7) is -2.16. The molecule has 4 N–H and O–H groups in total. The number of halogens is 18. The normalized spacial score (nSPS) is 17.6. The Labute approximate surface area is 638 Å². The van der Waals surface area contributed by atoms with E-state index in [1.807, 2.05) is 0 Å². The van der Waals surface area contributed by atoms with Crippen LogP contribution < -0.4 is 31.2 Å². The number of carbonyl (C=O) groups is 2. The molecule has 16 rings (SSSR count). The van der Waals surface area contributed by atoms with E-state index in [1.165, 1.54) is 38.4 Å². The van der Waals surface area contributed by atoms with E-state index in [1.54, 1.807) is 0 Å². The number of sulfonamides is 2. The van der Waals surface area contributed by atoms with Gasteiger partial charge in [0, 0.05) is 74.2 Å². The molecule has 2 saturated carbocycles. The molecule has 114 heavy (non-hydrogen) atoms. The van der Waals surface area contributed by atoms with Crippen molar-refractivity contribution in [1.82, 2.24) is 68.9 Å². The number of hydrogen-bond acceptors (Lipinski definition) is 14. The predicted molar refractivity (Wildman–Crippen MR) is 376 cm³/mol. The van der Waals surface area contributed by atoms with Gasteiger partial charge in [-0.15, -0.1) is 0 Å². The number of amides is 2. The Morgan fingerprint density at radius 1 is 0.518 bits per heavy atom. The molecule has 4 aliphatic carbocycles. The molecule has 12 aromatic rings. The van der Waals surface area contributed by atoms with Crippen molar-refractivity contribution in [3.63, 3.8) is 0 Å². The number of anilines is 2. The van der Waals surface area contributed by atoms with Gasteiger partial charge in [0.2, 0.25) is 31.9 Å². The van der Waals surface area contributed by atoms with Crippen LogP contribution in [0, 0.1) is 58.4 Å². The van der Waals surface area contributed by atoms with Crippen molar-refractivity contribution >= 4 is 110 Å². The second-order valence-corrected chi connectivity index (χ2v) is 31.9. The number of rotatable bonds is 20. The molecule has 2 fully saturated rings. The molecule has 0 bridgehead atoms. The summed E-state index contributed by atoms with van der Waals surface area (Å²) < 4.78 is 294. The van der Waals surface area contributed by atoms with Crippen molar-refractivity contribution in [2.45, 2.75) is 87.4 Å². The SMILES string of the molecule is Cn1nc(NS(C)(=O)=O)c2c(Cl)ccc(-n3c(C(Cc4cc(F)cc(F)c4)NC(=O)Cn4nc(C(F)F)c5c4C(F)(F)[C@@H]4C[C@H]54)nc4c(F)cc(F)cc4c3=O)c21.Cn1nc(NS(C)(=O)=O)c2c(Cl)ccc(-n3c([C@H](Cc4cc(F)cc(F)c4)NC(=O)Cn4nc(C(F)F)c5c4C(F)(F)[C@@H]4C[C@H]54)nc4c(F)cc(F)cc4c3=O)c21. The Morgan fingerprint density at radius 2 is 0.860 bits per heavy atom. The monoisotopic (exact) mass is 1680 g/mol. The highest BCUT2D eigenvalue weighted by Crippen LogP contribution is 2.69. The molecule has 1 unspecified atom stereocenters. The standard InChI is InChI=1S/2C35H25ClF8N8O4S/c2*1-50-29-23(4-3-20(36)26(29)32(48-50)49-57(2,55)56)52-33(46-27-18(34(52)54)9-16(39)10-21(27)40)22(7-13-5-14(37)8-15(38)6-13)45-24(53)12-51-30-25(28(47-51)31(41)42)17-11-19(17)35(30,43)44/h2*3-6,8-10,17,19,22,31H,7,11-12H2,1-2H3,(H,45,53)(H,48,49)/t17-,19+,22?;17-,19+,22-/m00/s1. The molecule has 596 valence electrons. The van der Waals surface area contributed by atoms with Crippen LogP contribution in [0.4, 0.5) is 81.9 Å². The maximum Gasteiger partial charge on any atom is 0.293 e. The Bertz CT molecular complexity index is 6110. The number of carbonyl (C=O) groups excluding carboxylic acids is 2. The van der Waals surface area contributed by atoms with Gasteiger partial charge in [-0.1, -0.05) is 23.2 Å². The second-order valence-electron chi connectivity index (χ2n) is 27.6. The van der Waals surface area contributed by atoms with E-state index in [0.29, 0.717) is 45.8 Å². The van der Waals surface area contributed by atoms with Crippen LogP contribution in [-0.2, 0) is 81.5 Å². The summed E-state index contributed by atoms with van der Waals surface area (Å²) in [7, 11) is -5.24. The largest absolute Gasteiger partial charge is 0.344 e. The number of fused-ring (bicyclic) bond motifs is 10. The summed E-state index contributed by atoms with van der Waals surface area (Å²) in [5.74, 6) is -24.8. The molecule has 6 atom stereocenters. The number of alkyl halides is 8. The van der Waals surface area contributed by atoms with Crippen LogP contribution in [0.15, 0.2) is 94.5 Å². The summed E-state index contributed by atoms with van der Waals surface area (Å²) in [6, 6.07) is 8.30. The third-order valence-electron chi connectivity index (χ3n) is 19.7. The lowest BCUT2D eigenvalue weighted by Gasteiger charge is -2.24.